The summed E-state index contributed by atoms with van der Waals surface area (Å²) >= 11 is 6.05. The van der Waals surface area contributed by atoms with Crippen LogP contribution in [0.1, 0.15) is 61.5 Å². The van der Waals surface area contributed by atoms with E-state index < -0.39 is 0 Å². The molecule has 134 valence electrons. The highest BCUT2D eigenvalue weighted by atomic mass is 35.5. The maximum Gasteiger partial charge on any atom is 0.154 e. The van der Waals surface area contributed by atoms with Crippen LogP contribution >= 0.6 is 11.6 Å². The van der Waals surface area contributed by atoms with Crippen LogP contribution in [0, 0.1) is 6.92 Å². The first-order valence-electron chi connectivity index (χ1n) is 8.03. The minimum atomic E-state index is -0.200. The van der Waals surface area contributed by atoms with Gasteiger partial charge in [-0.15, -0.1) is 0 Å². The Morgan fingerprint density at radius 1 is 1.29 bits per heavy atom. The summed E-state index contributed by atoms with van der Waals surface area (Å²) in [5, 5.41) is 20.5. The van der Waals surface area contributed by atoms with E-state index in [-0.39, 0.29) is 33.2 Å². The molecule has 0 saturated heterocycles. The van der Waals surface area contributed by atoms with Crippen molar-refractivity contribution in [2.45, 2.75) is 59.0 Å². The molecule has 1 aromatic rings. The van der Waals surface area contributed by atoms with Gasteiger partial charge < -0.3 is 14.9 Å². The average Bonchev–Trinajstić information content (AvgIpc) is 2.53. The van der Waals surface area contributed by atoms with Gasteiger partial charge in [0.1, 0.15) is 11.5 Å². The number of carbonyl (C=O) groups excluding carboxylic acids is 1. The molecule has 0 aliphatic heterocycles. The van der Waals surface area contributed by atoms with Crippen molar-refractivity contribution in [3.63, 3.8) is 0 Å². The van der Waals surface area contributed by atoms with Crippen LogP contribution in [0.4, 0.5) is 0 Å². The molecule has 24 heavy (non-hydrogen) atoms. The summed E-state index contributed by atoms with van der Waals surface area (Å²) in [6.45, 7) is 7.70. The van der Waals surface area contributed by atoms with Gasteiger partial charge in [-0.1, -0.05) is 23.3 Å². The second kappa shape index (κ2) is 8.54. The molecular formula is C19H27ClO4. The van der Waals surface area contributed by atoms with Crippen LogP contribution in [-0.4, -0.2) is 29.2 Å². The van der Waals surface area contributed by atoms with Crippen LogP contribution in [-0.2, 0) is 11.2 Å². The van der Waals surface area contributed by atoms with E-state index in [1.807, 2.05) is 13.0 Å². The fourth-order valence-electron chi connectivity index (χ4n) is 2.49. The summed E-state index contributed by atoms with van der Waals surface area (Å²) in [5.74, 6) is -0.365. The van der Waals surface area contributed by atoms with E-state index >= 15 is 0 Å². The van der Waals surface area contributed by atoms with Gasteiger partial charge >= 0.3 is 0 Å². The summed E-state index contributed by atoms with van der Waals surface area (Å²) in [6, 6.07) is 0. The van der Waals surface area contributed by atoms with Crippen LogP contribution in [0.3, 0.4) is 0 Å². The first-order chi connectivity index (χ1) is 11.1. The van der Waals surface area contributed by atoms with Crippen LogP contribution in [0.25, 0.3) is 0 Å². The van der Waals surface area contributed by atoms with E-state index in [9.17, 15) is 15.0 Å². The van der Waals surface area contributed by atoms with Crippen molar-refractivity contribution in [3.8, 4) is 11.5 Å². The number of benzene rings is 1. The number of hydrogen-bond donors (Lipinski definition) is 2. The number of halogens is 1. The molecule has 0 saturated carbocycles. The molecule has 4 nitrogen and oxygen atoms in total. The van der Waals surface area contributed by atoms with Crippen molar-refractivity contribution in [1.82, 2.24) is 0 Å². The van der Waals surface area contributed by atoms with E-state index in [1.54, 1.807) is 14.0 Å². The summed E-state index contributed by atoms with van der Waals surface area (Å²) < 4.78 is 5.40. The van der Waals surface area contributed by atoms with Gasteiger partial charge in [0.05, 0.1) is 16.2 Å². The number of carbonyl (C=O) groups is 1. The van der Waals surface area contributed by atoms with Crippen molar-refractivity contribution in [3.05, 3.63) is 33.4 Å². The van der Waals surface area contributed by atoms with Crippen molar-refractivity contribution in [2.75, 3.05) is 7.11 Å². The first-order valence-corrected chi connectivity index (χ1v) is 8.41. The zero-order valence-corrected chi connectivity index (χ0v) is 15.8. The van der Waals surface area contributed by atoms with Gasteiger partial charge in [-0.25, -0.2) is 0 Å². The lowest BCUT2D eigenvalue weighted by Crippen LogP contribution is -2.21. The van der Waals surface area contributed by atoms with Crippen LogP contribution in [0.5, 0.6) is 11.5 Å². The van der Waals surface area contributed by atoms with E-state index in [4.69, 9.17) is 16.3 Å². The molecular weight excluding hydrogens is 328 g/mol. The Bertz CT molecular complexity index is 633. The Morgan fingerprint density at radius 2 is 1.92 bits per heavy atom. The topological polar surface area (TPSA) is 66.8 Å². The number of aldehydes is 1. The third kappa shape index (κ3) is 4.99. The zero-order valence-electron chi connectivity index (χ0n) is 15.1. The summed E-state index contributed by atoms with van der Waals surface area (Å²) in [7, 11) is 1.71. The summed E-state index contributed by atoms with van der Waals surface area (Å²) in [5.41, 5.74) is 1.79. The molecule has 0 heterocycles. The number of rotatable bonds is 8. The first kappa shape index (κ1) is 20.5. The molecule has 0 aliphatic carbocycles. The quantitative estimate of drug-likeness (QED) is 0.511. The number of ether oxygens (including phenoxy) is 1. The Labute approximate surface area is 149 Å². The molecule has 0 amide bonds. The molecule has 0 spiro atoms. The third-order valence-corrected chi connectivity index (χ3v) is 4.91. The van der Waals surface area contributed by atoms with E-state index in [2.05, 4.69) is 13.8 Å². The van der Waals surface area contributed by atoms with Gasteiger partial charge in [-0.05, 0) is 58.9 Å². The SMILES string of the molecule is COC(C)(C)CCCC(C)=CCc1c(O)c(Cl)c(C)c(C=O)c1O. The van der Waals surface area contributed by atoms with E-state index in [0.29, 0.717) is 18.3 Å². The number of methoxy groups -OCH3 is 1. The molecule has 1 aromatic carbocycles. The maximum atomic E-state index is 11.1. The molecule has 0 atom stereocenters. The molecule has 0 aliphatic rings. The predicted octanol–water partition coefficient (Wildman–Crippen LogP) is 4.96. The average molecular weight is 355 g/mol. The van der Waals surface area contributed by atoms with Gasteiger partial charge in [-0.3, -0.25) is 4.79 Å². The second-order valence-electron chi connectivity index (χ2n) is 6.72. The highest BCUT2D eigenvalue weighted by molar-refractivity contribution is 6.33. The van der Waals surface area contributed by atoms with Gasteiger partial charge in [0.25, 0.3) is 0 Å². The monoisotopic (exact) mass is 354 g/mol. The standard InChI is InChI=1S/C19H27ClO4/c1-12(7-6-10-19(3,4)24-5)8-9-14-17(22)15(11-21)13(2)16(20)18(14)23/h8,11,22-23H,6-7,9-10H2,1-5H3. The second-order valence-corrected chi connectivity index (χ2v) is 7.10. The number of phenolic OH excluding ortho intramolecular Hbond substituents is 2. The Hall–Kier alpha value is -1.52. The molecule has 0 bridgehead atoms. The lowest BCUT2D eigenvalue weighted by atomic mass is 9.97. The fraction of sp³-hybridized carbons (Fsp3) is 0.526. The number of phenols is 2. The molecule has 0 unspecified atom stereocenters. The third-order valence-electron chi connectivity index (χ3n) is 4.44. The van der Waals surface area contributed by atoms with E-state index in [1.165, 1.54) is 0 Å². The van der Waals surface area contributed by atoms with Crippen LogP contribution in [0.2, 0.25) is 5.02 Å². The normalized spacial score (nSPS) is 12.5. The zero-order chi connectivity index (χ0) is 18.5. The minimum Gasteiger partial charge on any atom is -0.507 e. The molecule has 0 radical (unpaired) electrons. The highest BCUT2D eigenvalue weighted by Gasteiger charge is 2.19. The van der Waals surface area contributed by atoms with Gasteiger partial charge in [0.2, 0.25) is 0 Å². The minimum absolute atomic E-state index is 0.109. The van der Waals surface area contributed by atoms with Crippen molar-refractivity contribution >= 4 is 17.9 Å². The molecule has 2 N–H and O–H groups in total. The Kier molecular flexibility index (Phi) is 7.30. The molecule has 0 fully saturated rings. The van der Waals surface area contributed by atoms with E-state index in [0.717, 1.165) is 24.8 Å². The fourth-order valence-corrected chi connectivity index (χ4v) is 2.71. The van der Waals surface area contributed by atoms with Crippen molar-refractivity contribution < 1.29 is 19.7 Å². The lowest BCUT2D eigenvalue weighted by Gasteiger charge is -2.22. The molecule has 1 rings (SSSR count). The van der Waals surface area contributed by atoms with Crippen LogP contribution < -0.4 is 0 Å². The van der Waals surface area contributed by atoms with Crippen molar-refractivity contribution in [1.29, 1.82) is 0 Å². The van der Waals surface area contributed by atoms with Crippen molar-refractivity contribution in [2.24, 2.45) is 0 Å². The smallest absolute Gasteiger partial charge is 0.154 e. The Morgan fingerprint density at radius 3 is 2.46 bits per heavy atom. The highest BCUT2D eigenvalue weighted by Crippen LogP contribution is 2.40. The lowest BCUT2D eigenvalue weighted by molar-refractivity contribution is 0.0140. The van der Waals surface area contributed by atoms with Gasteiger partial charge in [-0.2, -0.15) is 0 Å². The van der Waals surface area contributed by atoms with Crippen LogP contribution in [0.15, 0.2) is 11.6 Å². The number of aromatic hydroxyl groups is 2. The van der Waals surface area contributed by atoms with Gasteiger partial charge in [0, 0.05) is 12.7 Å². The summed E-state index contributed by atoms with van der Waals surface area (Å²) in [4.78, 5) is 11.1. The maximum absolute atomic E-state index is 11.1. The molecule has 0 aromatic heterocycles. The molecule has 5 heteroatoms. The Balaban J connectivity index is 2.86. The predicted molar refractivity (Wildman–Crippen MR) is 97.3 cm³/mol. The summed E-state index contributed by atoms with van der Waals surface area (Å²) in [6.07, 6.45) is 5.64. The number of allylic oxidation sites excluding steroid dienone is 2. The largest absolute Gasteiger partial charge is 0.507 e. The van der Waals surface area contributed by atoms with Gasteiger partial charge in [0.15, 0.2) is 6.29 Å². The number of hydrogen-bond acceptors (Lipinski definition) is 4.